The molecule has 5 nitrogen and oxygen atoms in total. The number of hydrogen-bond acceptors (Lipinski definition) is 3. The SMILES string of the molecule is CC(C)(C)c1cc(C(=O)Cn2c(N)[n+](Cc3ccc(Cl)cc3)c3ccccc32)cc(C(C)(C)C)c1O. The number of Topliss-reactive ketones (excluding diaryl/α,β-unsaturated/α-hetero) is 1. The monoisotopic (exact) mass is 504 g/mol. The molecule has 188 valence electrons. The number of carbonyl (C=O) groups excluding carboxylic acids is 1. The molecule has 0 bridgehead atoms. The standard InChI is InChI=1S/C30H34ClN3O2/c1-29(2,3)22-15-20(16-23(27(22)36)30(4,5)6)26(35)18-34-25-10-8-7-9-24(25)33(28(34)32)17-19-11-13-21(31)14-12-19/h7-16,32H,17-18H2,1-6H3,(H,35,36)/p+1. The largest absolute Gasteiger partial charge is 0.507 e. The van der Waals surface area contributed by atoms with E-state index in [2.05, 4.69) is 0 Å². The Morgan fingerprint density at radius 3 is 2.06 bits per heavy atom. The number of imidazole rings is 1. The molecule has 0 aliphatic rings. The second kappa shape index (κ2) is 9.29. The molecule has 0 radical (unpaired) electrons. The molecule has 0 aliphatic carbocycles. The number of phenols is 1. The number of nitrogens with zero attached hydrogens (tertiary/aromatic N) is 2. The fraction of sp³-hybridized carbons (Fsp3) is 0.333. The molecule has 0 spiro atoms. The molecule has 0 atom stereocenters. The van der Waals surface area contributed by atoms with Gasteiger partial charge in [0, 0.05) is 21.7 Å². The predicted molar refractivity (Wildman–Crippen MR) is 147 cm³/mol. The summed E-state index contributed by atoms with van der Waals surface area (Å²) in [5.41, 5.74) is 11.0. The van der Waals surface area contributed by atoms with Crippen molar-refractivity contribution >= 4 is 34.4 Å². The van der Waals surface area contributed by atoms with Crippen LogP contribution in [0.2, 0.25) is 5.02 Å². The second-order valence-electron chi connectivity index (χ2n) is 11.5. The maximum Gasteiger partial charge on any atom is 0.356 e. The van der Waals surface area contributed by atoms with Crippen molar-refractivity contribution in [1.82, 2.24) is 4.57 Å². The number of nitrogens with two attached hydrogens (primary N) is 1. The van der Waals surface area contributed by atoms with Crippen LogP contribution in [0.4, 0.5) is 5.95 Å². The minimum absolute atomic E-state index is 0.0582. The summed E-state index contributed by atoms with van der Waals surface area (Å²) in [5.74, 6) is 0.709. The van der Waals surface area contributed by atoms with Crippen LogP contribution in [-0.4, -0.2) is 15.5 Å². The van der Waals surface area contributed by atoms with Crippen LogP contribution in [0.3, 0.4) is 0 Å². The highest BCUT2D eigenvalue weighted by Gasteiger charge is 2.29. The van der Waals surface area contributed by atoms with Gasteiger partial charge in [-0.2, -0.15) is 0 Å². The summed E-state index contributed by atoms with van der Waals surface area (Å²) in [6.07, 6.45) is 0. The number of halogens is 1. The molecule has 3 N–H and O–H groups in total. The number of ketones is 1. The molecule has 6 heteroatoms. The molecule has 0 saturated heterocycles. The summed E-state index contributed by atoms with van der Waals surface area (Å²) >= 11 is 6.06. The van der Waals surface area contributed by atoms with Crippen LogP contribution in [0, 0.1) is 0 Å². The van der Waals surface area contributed by atoms with Crippen molar-refractivity contribution in [3.8, 4) is 5.75 Å². The number of anilines is 1. The average Bonchev–Trinajstić information content (AvgIpc) is 3.05. The Labute approximate surface area is 218 Å². The fourth-order valence-electron chi connectivity index (χ4n) is 4.59. The minimum atomic E-state index is -0.318. The van der Waals surface area contributed by atoms with Gasteiger partial charge in [0.1, 0.15) is 23.3 Å². The smallest absolute Gasteiger partial charge is 0.356 e. The molecule has 36 heavy (non-hydrogen) atoms. The number of aromatic nitrogens is 2. The van der Waals surface area contributed by atoms with Crippen molar-refractivity contribution in [2.24, 2.45) is 0 Å². The number of para-hydroxylation sites is 2. The van der Waals surface area contributed by atoms with Crippen LogP contribution in [-0.2, 0) is 23.9 Å². The van der Waals surface area contributed by atoms with Crippen molar-refractivity contribution in [3.63, 3.8) is 0 Å². The van der Waals surface area contributed by atoms with Gasteiger partial charge in [-0.05, 0) is 52.8 Å². The number of aromatic hydroxyl groups is 1. The molecular weight excluding hydrogens is 470 g/mol. The van der Waals surface area contributed by atoms with Crippen molar-refractivity contribution in [3.05, 3.63) is 87.9 Å². The highest BCUT2D eigenvalue weighted by molar-refractivity contribution is 6.30. The molecule has 4 aromatic rings. The van der Waals surface area contributed by atoms with Crippen LogP contribution in [0.1, 0.15) is 68.6 Å². The highest BCUT2D eigenvalue weighted by atomic mass is 35.5. The Balaban J connectivity index is 1.78. The fourth-order valence-corrected chi connectivity index (χ4v) is 4.72. The predicted octanol–water partition coefficient (Wildman–Crippen LogP) is 6.40. The van der Waals surface area contributed by atoms with E-state index >= 15 is 0 Å². The first-order chi connectivity index (χ1) is 16.8. The maximum atomic E-state index is 13.7. The third-order valence-corrected chi connectivity index (χ3v) is 6.87. The van der Waals surface area contributed by atoms with E-state index in [-0.39, 0.29) is 28.9 Å². The lowest BCUT2D eigenvalue weighted by Gasteiger charge is -2.28. The lowest BCUT2D eigenvalue weighted by molar-refractivity contribution is -0.648. The molecule has 0 fully saturated rings. The zero-order valence-electron chi connectivity index (χ0n) is 21.9. The first-order valence-electron chi connectivity index (χ1n) is 12.2. The third kappa shape index (κ3) is 4.98. The number of rotatable bonds is 5. The quantitative estimate of drug-likeness (QED) is 0.244. The number of phenolic OH excluding ortho intramolecular Hbond substituents is 1. The molecular formula is C30H35ClN3O2+. The van der Waals surface area contributed by atoms with E-state index in [1.807, 2.05) is 111 Å². The van der Waals surface area contributed by atoms with Gasteiger partial charge in [0.15, 0.2) is 5.78 Å². The average molecular weight is 505 g/mol. The molecule has 0 amide bonds. The minimum Gasteiger partial charge on any atom is -0.507 e. The van der Waals surface area contributed by atoms with Crippen molar-refractivity contribution in [2.45, 2.75) is 65.5 Å². The van der Waals surface area contributed by atoms with Gasteiger partial charge in [-0.25, -0.2) is 9.13 Å². The van der Waals surface area contributed by atoms with Gasteiger partial charge >= 0.3 is 5.95 Å². The summed E-state index contributed by atoms with van der Waals surface area (Å²) in [6.45, 7) is 12.9. The Hall–Kier alpha value is -3.31. The van der Waals surface area contributed by atoms with E-state index in [0.717, 1.165) is 27.7 Å². The van der Waals surface area contributed by atoms with Crippen molar-refractivity contribution in [2.75, 3.05) is 5.73 Å². The Morgan fingerprint density at radius 2 is 1.50 bits per heavy atom. The van der Waals surface area contributed by atoms with Crippen LogP contribution in [0.25, 0.3) is 11.0 Å². The van der Waals surface area contributed by atoms with Crippen molar-refractivity contribution < 1.29 is 14.5 Å². The van der Waals surface area contributed by atoms with E-state index in [0.29, 0.717) is 23.1 Å². The summed E-state index contributed by atoms with van der Waals surface area (Å²) in [5, 5.41) is 11.7. The zero-order chi connectivity index (χ0) is 26.4. The first kappa shape index (κ1) is 25.8. The van der Waals surface area contributed by atoms with Crippen LogP contribution >= 0.6 is 11.6 Å². The molecule has 0 unspecified atom stereocenters. The third-order valence-electron chi connectivity index (χ3n) is 6.62. The topological polar surface area (TPSA) is 72.1 Å². The molecule has 3 aromatic carbocycles. The number of benzene rings is 3. The molecule has 0 aliphatic heterocycles. The summed E-state index contributed by atoms with van der Waals surface area (Å²) in [6, 6.07) is 19.3. The Morgan fingerprint density at radius 1 is 0.944 bits per heavy atom. The van der Waals surface area contributed by atoms with Gasteiger partial charge in [-0.15, -0.1) is 0 Å². The van der Waals surface area contributed by atoms with Crippen molar-refractivity contribution in [1.29, 1.82) is 0 Å². The van der Waals surface area contributed by atoms with Gasteiger partial charge in [0.2, 0.25) is 0 Å². The van der Waals surface area contributed by atoms with Gasteiger partial charge in [-0.3, -0.25) is 10.5 Å². The molecule has 1 aromatic heterocycles. The summed E-state index contributed by atoms with van der Waals surface area (Å²) < 4.78 is 3.89. The first-order valence-corrected chi connectivity index (χ1v) is 12.6. The Bertz CT molecular complexity index is 1400. The second-order valence-corrected chi connectivity index (χ2v) is 11.9. The van der Waals surface area contributed by atoms with Crippen LogP contribution in [0.15, 0.2) is 60.7 Å². The van der Waals surface area contributed by atoms with E-state index in [4.69, 9.17) is 17.3 Å². The number of fused-ring (bicyclic) bond motifs is 1. The van der Waals surface area contributed by atoms with Gasteiger partial charge < -0.3 is 5.11 Å². The lowest BCUT2D eigenvalue weighted by atomic mass is 9.78. The molecule has 1 heterocycles. The summed E-state index contributed by atoms with van der Waals surface area (Å²) in [4.78, 5) is 13.7. The molecule has 4 rings (SSSR count). The lowest BCUT2D eigenvalue weighted by Crippen LogP contribution is -2.37. The van der Waals surface area contributed by atoms with E-state index in [1.54, 1.807) is 0 Å². The highest BCUT2D eigenvalue weighted by Crippen LogP contribution is 2.40. The van der Waals surface area contributed by atoms with Gasteiger partial charge in [0.25, 0.3) is 0 Å². The summed E-state index contributed by atoms with van der Waals surface area (Å²) in [7, 11) is 0. The zero-order valence-corrected chi connectivity index (χ0v) is 22.6. The Kier molecular flexibility index (Phi) is 6.65. The van der Waals surface area contributed by atoms with E-state index < -0.39 is 0 Å². The van der Waals surface area contributed by atoms with E-state index in [9.17, 15) is 9.90 Å². The maximum absolute atomic E-state index is 13.7. The van der Waals surface area contributed by atoms with E-state index in [1.165, 1.54) is 0 Å². The van der Waals surface area contributed by atoms with Gasteiger partial charge in [-0.1, -0.05) is 77.4 Å². The number of nitrogen functional groups attached to an aromatic ring is 1. The van der Waals surface area contributed by atoms with Crippen LogP contribution < -0.4 is 10.3 Å². The molecule has 0 saturated carbocycles. The van der Waals surface area contributed by atoms with Gasteiger partial charge in [0.05, 0.1) is 6.54 Å². The number of hydrogen-bond donors (Lipinski definition) is 2. The number of carbonyl (C=O) groups is 1. The normalized spacial score (nSPS) is 12.3. The van der Waals surface area contributed by atoms with Crippen LogP contribution in [0.5, 0.6) is 5.75 Å².